The lowest BCUT2D eigenvalue weighted by molar-refractivity contribution is 0.425. The minimum absolute atomic E-state index is 0.640. The van der Waals surface area contributed by atoms with Crippen LogP contribution < -0.4 is 5.46 Å². The molecular weight excluding hydrogens is 211 g/mol. The highest BCUT2D eigenvalue weighted by atomic mass is 16.4. The van der Waals surface area contributed by atoms with Crippen LogP contribution in [0.2, 0.25) is 0 Å². The third-order valence-electron chi connectivity index (χ3n) is 3.64. The molecule has 0 aliphatic heterocycles. The molecule has 3 heteroatoms. The van der Waals surface area contributed by atoms with E-state index in [2.05, 4.69) is 18.2 Å². The highest BCUT2D eigenvalue weighted by Gasteiger charge is 2.23. The van der Waals surface area contributed by atoms with Crippen LogP contribution in [-0.4, -0.2) is 17.2 Å². The first-order valence-electron chi connectivity index (χ1n) is 6.15. The second kappa shape index (κ2) is 4.17. The Hall–Kier alpha value is -1.32. The SMILES string of the molecule is OB(O)c1cc2c(c3c1C=CCC3)CCC=C2. The lowest BCUT2D eigenvalue weighted by Gasteiger charge is -2.23. The molecule has 0 saturated heterocycles. The van der Waals surface area contributed by atoms with Gasteiger partial charge in [0.2, 0.25) is 0 Å². The quantitative estimate of drug-likeness (QED) is 0.708. The van der Waals surface area contributed by atoms with Crippen molar-refractivity contribution in [3.05, 3.63) is 40.5 Å². The van der Waals surface area contributed by atoms with Gasteiger partial charge in [0.1, 0.15) is 0 Å². The van der Waals surface area contributed by atoms with Crippen LogP contribution in [0.4, 0.5) is 0 Å². The first-order chi connectivity index (χ1) is 8.27. The lowest BCUT2D eigenvalue weighted by atomic mass is 9.71. The summed E-state index contributed by atoms with van der Waals surface area (Å²) in [5.41, 5.74) is 5.55. The molecule has 0 bridgehead atoms. The monoisotopic (exact) mass is 226 g/mol. The zero-order valence-electron chi connectivity index (χ0n) is 9.69. The summed E-state index contributed by atoms with van der Waals surface area (Å²) in [6, 6.07) is 1.92. The van der Waals surface area contributed by atoms with E-state index in [9.17, 15) is 10.0 Å². The molecule has 0 spiro atoms. The summed E-state index contributed by atoms with van der Waals surface area (Å²) >= 11 is 0. The number of hydrogen-bond donors (Lipinski definition) is 2. The first-order valence-corrected chi connectivity index (χ1v) is 6.15. The molecule has 2 nitrogen and oxygen atoms in total. The molecule has 0 radical (unpaired) electrons. The van der Waals surface area contributed by atoms with E-state index in [0.29, 0.717) is 5.46 Å². The highest BCUT2D eigenvalue weighted by molar-refractivity contribution is 6.59. The number of rotatable bonds is 1. The largest absolute Gasteiger partial charge is 0.489 e. The zero-order chi connectivity index (χ0) is 11.8. The standard InChI is InChI=1S/C14H15BO2/c16-15(17)14-9-10-5-1-2-6-11(10)12-7-3-4-8-13(12)14/h1,4-5,8-9,16-17H,2-3,6-7H2. The smallest absolute Gasteiger partial charge is 0.423 e. The van der Waals surface area contributed by atoms with E-state index < -0.39 is 7.12 Å². The predicted octanol–water partition coefficient (Wildman–Crippen LogP) is 1.29. The van der Waals surface area contributed by atoms with Crippen molar-refractivity contribution in [1.29, 1.82) is 0 Å². The Labute approximate surface area is 101 Å². The second-order valence-corrected chi connectivity index (χ2v) is 4.68. The van der Waals surface area contributed by atoms with Crippen LogP contribution in [0.15, 0.2) is 18.2 Å². The molecule has 0 unspecified atom stereocenters. The molecular formula is C14H15BO2. The van der Waals surface area contributed by atoms with Crippen LogP contribution in [0.25, 0.3) is 12.2 Å². The number of benzene rings is 1. The molecule has 0 fully saturated rings. The van der Waals surface area contributed by atoms with E-state index >= 15 is 0 Å². The molecule has 0 aromatic heterocycles. The highest BCUT2D eigenvalue weighted by Crippen LogP contribution is 2.29. The van der Waals surface area contributed by atoms with Gasteiger partial charge in [0.15, 0.2) is 0 Å². The molecule has 3 rings (SSSR count). The Bertz CT molecular complexity index is 515. The van der Waals surface area contributed by atoms with E-state index in [-0.39, 0.29) is 0 Å². The van der Waals surface area contributed by atoms with E-state index in [4.69, 9.17) is 0 Å². The topological polar surface area (TPSA) is 40.5 Å². The fourth-order valence-corrected chi connectivity index (χ4v) is 2.85. The number of hydrogen-bond acceptors (Lipinski definition) is 2. The average molecular weight is 226 g/mol. The molecule has 0 atom stereocenters. The molecule has 2 aliphatic rings. The fourth-order valence-electron chi connectivity index (χ4n) is 2.85. The van der Waals surface area contributed by atoms with Crippen LogP contribution in [-0.2, 0) is 12.8 Å². The van der Waals surface area contributed by atoms with Gasteiger partial charge in [-0.3, -0.25) is 0 Å². The molecule has 2 aliphatic carbocycles. The molecule has 17 heavy (non-hydrogen) atoms. The molecule has 0 heterocycles. The fraction of sp³-hybridized carbons (Fsp3) is 0.286. The summed E-state index contributed by atoms with van der Waals surface area (Å²) in [7, 11) is -1.38. The maximum atomic E-state index is 9.48. The van der Waals surface area contributed by atoms with Crippen molar-refractivity contribution in [3.8, 4) is 0 Å². The van der Waals surface area contributed by atoms with Crippen molar-refractivity contribution in [1.82, 2.24) is 0 Å². The lowest BCUT2D eigenvalue weighted by Crippen LogP contribution is -2.34. The van der Waals surface area contributed by atoms with Gasteiger partial charge < -0.3 is 10.0 Å². The van der Waals surface area contributed by atoms with Gasteiger partial charge in [0, 0.05) is 0 Å². The van der Waals surface area contributed by atoms with Gasteiger partial charge in [-0.25, -0.2) is 0 Å². The molecule has 0 amide bonds. The van der Waals surface area contributed by atoms with E-state index in [1.807, 2.05) is 12.1 Å². The van der Waals surface area contributed by atoms with Crippen molar-refractivity contribution in [3.63, 3.8) is 0 Å². The Morgan fingerprint density at radius 2 is 1.65 bits per heavy atom. The van der Waals surface area contributed by atoms with Crippen LogP contribution >= 0.6 is 0 Å². The average Bonchev–Trinajstić information content (AvgIpc) is 2.37. The zero-order valence-corrected chi connectivity index (χ0v) is 9.69. The Balaban J connectivity index is 2.27. The van der Waals surface area contributed by atoms with Gasteiger partial charge in [-0.2, -0.15) is 0 Å². The van der Waals surface area contributed by atoms with Crippen molar-refractivity contribution >= 4 is 24.7 Å². The summed E-state index contributed by atoms with van der Waals surface area (Å²) in [5.74, 6) is 0. The van der Waals surface area contributed by atoms with E-state index in [1.54, 1.807) is 0 Å². The molecule has 1 aromatic rings. The van der Waals surface area contributed by atoms with Crippen LogP contribution in [0.5, 0.6) is 0 Å². The van der Waals surface area contributed by atoms with Crippen molar-refractivity contribution in [2.24, 2.45) is 0 Å². The summed E-state index contributed by atoms with van der Waals surface area (Å²) < 4.78 is 0. The van der Waals surface area contributed by atoms with Gasteiger partial charge in [0.25, 0.3) is 0 Å². The third-order valence-corrected chi connectivity index (χ3v) is 3.64. The minimum atomic E-state index is -1.38. The normalized spacial score (nSPS) is 16.6. The van der Waals surface area contributed by atoms with Gasteiger partial charge in [-0.15, -0.1) is 0 Å². The van der Waals surface area contributed by atoms with Crippen molar-refractivity contribution < 1.29 is 10.0 Å². The van der Waals surface area contributed by atoms with Gasteiger partial charge in [-0.05, 0) is 53.4 Å². The van der Waals surface area contributed by atoms with Gasteiger partial charge in [-0.1, -0.05) is 30.4 Å². The van der Waals surface area contributed by atoms with Crippen LogP contribution in [0.1, 0.15) is 35.1 Å². The molecule has 0 saturated carbocycles. The van der Waals surface area contributed by atoms with Crippen LogP contribution in [0, 0.1) is 0 Å². The Morgan fingerprint density at radius 3 is 2.41 bits per heavy atom. The maximum absolute atomic E-state index is 9.48. The van der Waals surface area contributed by atoms with E-state index in [1.165, 1.54) is 11.1 Å². The molecule has 86 valence electrons. The van der Waals surface area contributed by atoms with Crippen molar-refractivity contribution in [2.75, 3.05) is 0 Å². The number of allylic oxidation sites excluding steroid dienone is 2. The van der Waals surface area contributed by atoms with Crippen LogP contribution in [0.3, 0.4) is 0 Å². The van der Waals surface area contributed by atoms with Gasteiger partial charge >= 0.3 is 7.12 Å². The Morgan fingerprint density at radius 1 is 0.941 bits per heavy atom. The third kappa shape index (κ3) is 1.76. The Kier molecular flexibility index (Phi) is 2.65. The number of fused-ring (bicyclic) bond motifs is 3. The molecule has 2 N–H and O–H groups in total. The second-order valence-electron chi connectivity index (χ2n) is 4.68. The van der Waals surface area contributed by atoms with Gasteiger partial charge in [0.05, 0.1) is 0 Å². The van der Waals surface area contributed by atoms with E-state index in [0.717, 1.165) is 36.8 Å². The minimum Gasteiger partial charge on any atom is -0.423 e. The summed E-state index contributed by atoms with van der Waals surface area (Å²) in [5, 5.41) is 19.0. The summed E-state index contributed by atoms with van der Waals surface area (Å²) in [4.78, 5) is 0. The summed E-state index contributed by atoms with van der Waals surface area (Å²) in [6.07, 6.45) is 12.6. The maximum Gasteiger partial charge on any atom is 0.489 e. The van der Waals surface area contributed by atoms with Crippen molar-refractivity contribution in [2.45, 2.75) is 25.7 Å². The summed E-state index contributed by atoms with van der Waals surface area (Å²) in [6.45, 7) is 0. The molecule has 1 aromatic carbocycles. The first kappa shape index (κ1) is 10.8. The predicted molar refractivity (Wildman–Crippen MR) is 71.0 cm³/mol.